The topological polar surface area (TPSA) is 114 Å². The van der Waals surface area contributed by atoms with Gasteiger partial charge in [0, 0.05) is 41.8 Å². The highest BCUT2D eigenvalue weighted by molar-refractivity contribution is 7.99. The first-order chi connectivity index (χ1) is 14.3. The van der Waals surface area contributed by atoms with E-state index < -0.39 is 10.9 Å². The number of carboxylic acids is 1. The standard InChI is InChI=1S/C21H22N4O4S/c1-14(2)20-21(30-17-7-3-6-16(11-17)25(28)29)24(13-15-5-4-10-22-12-15)18(23-20)8-9-19(26)27/h3-7,10-12,14H,8-9,13H2,1-2H3,(H,26,27)/p-1. The number of nitro groups is 1. The van der Waals surface area contributed by atoms with Crippen molar-refractivity contribution in [2.75, 3.05) is 0 Å². The molecule has 8 nitrogen and oxygen atoms in total. The Morgan fingerprint density at radius 2 is 2.07 bits per heavy atom. The first-order valence-electron chi connectivity index (χ1n) is 9.45. The number of hydrogen-bond acceptors (Lipinski definition) is 7. The van der Waals surface area contributed by atoms with Crippen LogP contribution in [0.15, 0.2) is 58.7 Å². The van der Waals surface area contributed by atoms with Crippen LogP contribution in [0.4, 0.5) is 5.69 Å². The maximum Gasteiger partial charge on any atom is 0.270 e. The second-order valence-electron chi connectivity index (χ2n) is 7.05. The Balaban J connectivity index is 2.06. The minimum Gasteiger partial charge on any atom is -0.550 e. The third-order valence-corrected chi connectivity index (χ3v) is 5.54. The number of nitro benzene ring substituents is 1. The van der Waals surface area contributed by atoms with Crippen LogP contribution in [0.1, 0.15) is 43.3 Å². The molecule has 0 N–H and O–H groups in total. The highest BCUT2D eigenvalue weighted by atomic mass is 32.2. The predicted molar refractivity (Wildman–Crippen MR) is 110 cm³/mol. The largest absolute Gasteiger partial charge is 0.550 e. The smallest absolute Gasteiger partial charge is 0.270 e. The van der Waals surface area contributed by atoms with E-state index in [9.17, 15) is 20.0 Å². The molecule has 0 aliphatic rings. The molecular formula is C21H21N4O4S-. The molecule has 9 heteroatoms. The Hall–Kier alpha value is -3.20. The number of rotatable bonds is 9. The molecule has 2 heterocycles. The highest BCUT2D eigenvalue weighted by Crippen LogP contribution is 2.36. The minimum absolute atomic E-state index is 0.0154. The van der Waals surface area contributed by atoms with E-state index in [0.717, 1.165) is 16.3 Å². The Bertz CT molecular complexity index is 1050. The maximum absolute atomic E-state index is 11.2. The predicted octanol–water partition coefficient (Wildman–Crippen LogP) is 3.19. The first kappa shape index (κ1) is 21.5. The van der Waals surface area contributed by atoms with E-state index in [1.807, 2.05) is 36.6 Å². The molecule has 0 aliphatic heterocycles. The molecule has 0 aliphatic carbocycles. The van der Waals surface area contributed by atoms with Crippen LogP contribution in [0, 0.1) is 10.1 Å². The second kappa shape index (κ2) is 9.53. The Morgan fingerprint density at radius 3 is 2.70 bits per heavy atom. The third-order valence-electron chi connectivity index (χ3n) is 4.43. The molecule has 0 radical (unpaired) electrons. The van der Waals surface area contributed by atoms with Gasteiger partial charge >= 0.3 is 0 Å². The number of non-ortho nitro benzene ring substituents is 1. The van der Waals surface area contributed by atoms with E-state index >= 15 is 0 Å². The molecule has 0 saturated heterocycles. The summed E-state index contributed by atoms with van der Waals surface area (Å²) in [5.41, 5.74) is 1.78. The zero-order chi connectivity index (χ0) is 21.7. The van der Waals surface area contributed by atoms with Crippen molar-refractivity contribution in [3.8, 4) is 0 Å². The van der Waals surface area contributed by atoms with Crippen molar-refractivity contribution in [2.24, 2.45) is 0 Å². The van der Waals surface area contributed by atoms with E-state index in [-0.39, 0.29) is 24.4 Å². The average molecular weight is 425 g/mol. The average Bonchev–Trinajstić information content (AvgIpc) is 3.05. The normalized spacial score (nSPS) is 11.0. The molecule has 3 rings (SSSR count). The summed E-state index contributed by atoms with van der Waals surface area (Å²) >= 11 is 1.39. The zero-order valence-electron chi connectivity index (χ0n) is 16.6. The van der Waals surface area contributed by atoms with Gasteiger partial charge in [0.25, 0.3) is 5.69 Å². The van der Waals surface area contributed by atoms with Gasteiger partial charge in [0.2, 0.25) is 0 Å². The summed E-state index contributed by atoms with van der Waals surface area (Å²) in [6.07, 6.45) is 3.53. The van der Waals surface area contributed by atoms with Crippen LogP contribution < -0.4 is 5.11 Å². The number of aromatic nitrogens is 3. The summed E-state index contributed by atoms with van der Waals surface area (Å²) in [6, 6.07) is 10.2. The van der Waals surface area contributed by atoms with E-state index in [4.69, 9.17) is 4.98 Å². The Labute approximate surface area is 178 Å². The molecule has 0 unspecified atom stereocenters. The summed E-state index contributed by atoms with van der Waals surface area (Å²) in [4.78, 5) is 31.4. The number of carbonyl (C=O) groups excluding carboxylic acids is 1. The third kappa shape index (κ3) is 5.24. The van der Waals surface area contributed by atoms with Gasteiger partial charge in [0.15, 0.2) is 0 Å². The summed E-state index contributed by atoms with van der Waals surface area (Å²) < 4.78 is 1.97. The van der Waals surface area contributed by atoms with Crippen molar-refractivity contribution in [1.82, 2.24) is 14.5 Å². The number of aryl methyl sites for hydroxylation is 1. The lowest BCUT2D eigenvalue weighted by Crippen LogP contribution is -2.23. The van der Waals surface area contributed by atoms with Crippen LogP contribution in [0.2, 0.25) is 0 Å². The number of carboxylic acid groups (broad SMARTS) is 1. The number of benzene rings is 1. The van der Waals surface area contributed by atoms with Gasteiger partial charge < -0.3 is 14.5 Å². The lowest BCUT2D eigenvalue weighted by molar-refractivity contribution is -0.385. The molecular weight excluding hydrogens is 404 g/mol. The van der Waals surface area contributed by atoms with Gasteiger partial charge in [-0.2, -0.15) is 0 Å². The lowest BCUT2D eigenvalue weighted by Gasteiger charge is -2.13. The van der Waals surface area contributed by atoms with Gasteiger partial charge in [-0.3, -0.25) is 15.1 Å². The second-order valence-corrected chi connectivity index (χ2v) is 8.11. The molecule has 0 bridgehead atoms. The molecule has 30 heavy (non-hydrogen) atoms. The Kier molecular flexibility index (Phi) is 6.83. The van der Waals surface area contributed by atoms with Gasteiger partial charge in [0.05, 0.1) is 17.2 Å². The summed E-state index contributed by atoms with van der Waals surface area (Å²) in [7, 11) is 0. The summed E-state index contributed by atoms with van der Waals surface area (Å²) in [5, 5.41) is 23.0. The molecule has 1 aromatic carbocycles. The molecule has 0 amide bonds. The molecule has 0 saturated carbocycles. The minimum atomic E-state index is -1.13. The van der Waals surface area contributed by atoms with Crippen LogP contribution in [0.3, 0.4) is 0 Å². The number of pyridine rings is 1. The van der Waals surface area contributed by atoms with E-state index in [0.29, 0.717) is 17.3 Å². The van der Waals surface area contributed by atoms with Crippen molar-refractivity contribution in [3.63, 3.8) is 0 Å². The fourth-order valence-electron chi connectivity index (χ4n) is 3.00. The summed E-state index contributed by atoms with van der Waals surface area (Å²) in [5.74, 6) is -0.410. The number of hydrogen-bond donors (Lipinski definition) is 0. The SMILES string of the molecule is CC(C)c1nc(CCC(=O)[O-])n(Cc2cccnc2)c1Sc1cccc([N+](=O)[O-])c1. The molecule has 0 fully saturated rings. The van der Waals surface area contributed by atoms with Crippen LogP contribution >= 0.6 is 11.8 Å². The van der Waals surface area contributed by atoms with Gasteiger partial charge in [-0.1, -0.05) is 37.7 Å². The zero-order valence-corrected chi connectivity index (χ0v) is 17.5. The van der Waals surface area contributed by atoms with Crippen LogP contribution in [-0.2, 0) is 17.8 Å². The number of imidazole rings is 1. The van der Waals surface area contributed by atoms with Crippen LogP contribution in [0.5, 0.6) is 0 Å². The fourth-order valence-corrected chi connectivity index (χ4v) is 4.22. The number of aliphatic carboxylic acids is 1. The molecule has 3 aromatic rings. The van der Waals surface area contributed by atoms with E-state index in [2.05, 4.69) is 4.98 Å². The number of nitrogens with zero attached hydrogens (tertiary/aromatic N) is 4. The lowest BCUT2D eigenvalue weighted by atomic mass is 10.1. The van der Waals surface area contributed by atoms with Gasteiger partial charge in [-0.25, -0.2) is 4.98 Å². The van der Waals surface area contributed by atoms with Gasteiger partial charge in [0.1, 0.15) is 10.9 Å². The highest BCUT2D eigenvalue weighted by Gasteiger charge is 2.21. The summed E-state index contributed by atoms with van der Waals surface area (Å²) in [6.45, 7) is 4.49. The van der Waals surface area contributed by atoms with E-state index in [1.54, 1.807) is 18.5 Å². The van der Waals surface area contributed by atoms with Crippen molar-refractivity contribution >= 4 is 23.4 Å². The van der Waals surface area contributed by atoms with E-state index in [1.165, 1.54) is 23.9 Å². The fraction of sp³-hybridized carbons (Fsp3) is 0.286. The molecule has 2 aromatic heterocycles. The van der Waals surface area contributed by atoms with Gasteiger partial charge in [-0.05, 0) is 30.0 Å². The number of carbonyl (C=O) groups is 1. The van der Waals surface area contributed by atoms with Crippen molar-refractivity contribution in [3.05, 3.63) is 76.0 Å². The van der Waals surface area contributed by atoms with Crippen LogP contribution in [-0.4, -0.2) is 25.4 Å². The molecule has 0 atom stereocenters. The quantitative estimate of drug-likeness (QED) is 0.382. The Morgan fingerprint density at radius 1 is 1.27 bits per heavy atom. The monoisotopic (exact) mass is 425 g/mol. The van der Waals surface area contributed by atoms with Crippen molar-refractivity contribution in [2.45, 2.75) is 49.1 Å². The maximum atomic E-state index is 11.2. The molecule has 156 valence electrons. The van der Waals surface area contributed by atoms with Gasteiger partial charge in [-0.15, -0.1) is 0 Å². The van der Waals surface area contributed by atoms with Crippen LogP contribution in [0.25, 0.3) is 0 Å². The van der Waals surface area contributed by atoms with Crippen molar-refractivity contribution in [1.29, 1.82) is 0 Å². The molecule has 0 spiro atoms. The first-order valence-corrected chi connectivity index (χ1v) is 10.3. The van der Waals surface area contributed by atoms with Crippen molar-refractivity contribution < 1.29 is 14.8 Å².